The number of benzene rings is 3. The molecule has 3 unspecified atom stereocenters. The zero-order valence-electron chi connectivity index (χ0n) is 22.2. The largest absolute Gasteiger partial charge is 0.456 e. The molecule has 3 aromatic carbocycles. The third kappa shape index (κ3) is 5.14. The summed E-state index contributed by atoms with van der Waals surface area (Å²) in [6.07, 6.45) is 0.697. The number of hydrogen-bond acceptors (Lipinski definition) is 9. The third-order valence-electron chi connectivity index (χ3n) is 6.94. The maximum absolute atomic E-state index is 13.7. The summed E-state index contributed by atoms with van der Waals surface area (Å²) in [4.78, 5) is 54.2. The quantitative estimate of drug-likeness (QED) is 0.231. The predicted molar refractivity (Wildman–Crippen MR) is 151 cm³/mol. The van der Waals surface area contributed by atoms with E-state index in [2.05, 4.69) is 15.0 Å². The van der Waals surface area contributed by atoms with Crippen LogP contribution in [0, 0.1) is 0 Å². The number of aliphatic hydroxyl groups excluding tert-OH is 1. The van der Waals surface area contributed by atoms with E-state index in [0.717, 1.165) is 4.90 Å². The lowest BCUT2D eigenvalue weighted by atomic mass is 10.1. The van der Waals surface area contributed by atoms with Crippen LogP contribution < -0.4 is 4.90 Å². The summed E-state index contributed by atoms with van der Waals surface area (Å²) >= 11 is 0. The second-order valence-corrected chi connectivity index (χ2v) is 9.56. The van der Waals surface area contributed by atoms with E-state index in [1.54, 1.807) is 95.6 Å². The lowest BCUT2D eigenvalue weighted by molar-refractivity contribution is -0.0500. The number of carbonyl (C=O) groups is 3. The average Bonchev–Trinajstić information content (AvgIpc) is 3.66. The van der Waals surface area contributed by atoms with Crippen molar-refractivity contribution in [2.24, 2.45) is 0 Å². The normalized spacial score (nSPS) is 18.1. The minimum Gasteiger partial charge on any atom is -0.456 e. The van der Waals surface area contributed by atoms with Gasteiger partial charge >= 0.3 is 5.97 Å². The molecule has 3 atom stereocenters. The van der Waals surface area contributed by atoms with E-state index in [1.807, 2.05) is 0 Å². The fraction of sp³-hybridized carbons (Fsp3) is 0.161. The number of amides is 2. The minimum absolute atomic E-state index is 0.00483. The van der Waals surface area contributed by atoms with E-state index in [0.29, 0.717) is 22.3 Å². The highest BCUT2D eigenvalue weighted by atomic mass is 16.6. The van der Waals surface area contributed by atoms with Gasteiger partial charge in [0.15, 0.2) is 17.0 Å². The van der Waals surface area contributed by atoms with Crippen LogP contribution in [-0.4, -0.2) is 61.2 Å². The van der Waals surface area contributed by atoms with E-state index in [4.69, 9.17) is 9.47 Å². The van der Waals surface area contributed by atoms with Crippen molar-refractivity contribution in [1.29, 1.82) is 0 Å². The van der Waals surface area contributed by atoms with Crippen LogP contribution in [0.2, 0.25) is 0 Å². The van der Waals surface area contributed by atoms with Crippen LogP contribution in [0.1, 0.15) is 43.7 Å². The van der Waals surface area contributed by atoms with E-state index >= 15 is 0 Å². The van der Waals surface area contributed by atoms with Gasteiger partial charge in [-0.15, -0.1) is 0 Å². The monoisotopic (exact) mass is 563 g/mol. The van der Waals surface area contributed by atoms with Crippen molar-refractivity contribution in [3.8, 4) is 0 Å². The molecule has 1 aliphatic heterocycles. The molecule has 11 nitrogen and oxygen atoms in total. The van der Waals surface area contributed by atoms with Gasteiger partial charge < -0.3 is 14.6 Å². The molecule has 0 saturated carbocycles. The fourth-order valence-electron chi connectivity index (χ4n) is 4.86. The number of nitrogens with zero attached hydrogens (tertiary/aromatic N) is 5. The number of imide groups is 1. The van der Waals surface area contributed by atoms with Crippen molar-refractivity contribution >= 4 is 34.8 Å². The number of ether oxygens (including phenoxy) is 2. The first-order valence-electron chi connectivity index (χ1n) is 13.2. The van der Waals surface area contributed by atoms with Crippen molar-refractivity contribution in [1.82, 2.24) is 19.5 Å². The molecule has 0 aliphatic carbocycles. The van der Waals surface area contributed by atoms with Crippen molar-refractivity contribution in [2.45, 2.75) is 24.9 Å². The van der Waals surface area contributed by atoms with Crippen LogP contribution in [0.4, 0.5) is 5.82 Å². The minimum atomic E-state index is -0.780. The standard InChI is InChI=1S/C31H25N5O6/c37-17-24-23(42-31(40)22-14-8-3-9-15-22)16-25(41-24)35-19-34-26-27(35)32-18-33-28(26)36(29(38)20-10-4-1-5-11-20)30(39)21-12-6-2-7-13-21/h1-15,18-19,23-25,37H,16-17H2. The number of esters is 1. The van der Waals surface area contributed by atoms with Gasteiger partial charge in [0.25, 0.3) is 11.8 Å². The van der Waals surface area contributed by atoms with Crippen LogP contribution in [0.15, 0.2) is 104 Å². The molecule has 0 spiro atoms. The number of hydrogen-bond donors (Lipinski definition) is 1. The summed E-state index contributed by atoms with van der Waals surface area (Å²) in [5.41, 5.74) is 1.46. The van der Waals surface area contributed by atoms with Crippen LogP contribution in [0.25, 0.3) is 11.2 Å². The van der Waals surface area contributed by atoms with E-state index in [-0.39, 0.29) is 24.4 Å². The number of carbonyl (C=O) groups excluding carboxylic acids is 3. The van der Waals surface area contributed by atoms with Crippen molar-refractivity contribution < 1.29 is 29.0 Å². The topological polar surface area (TPSA) is 137 Å². The summed E-state index contributed by atoms with van der Waals surface area (Å²) in [6, 6.07) is 25.4. The first-order valence-corrected chi connectivity index (χ1v) is 13.2. The van der Waals surface area contributed by atoms with Crippen LogP contribution in [0.5, 0.6) is 0 Å². The summed E-state index contributed by atoms with van der Waals surface area (Å²) in [7, 11) is 0. The molecule has 5 aromatic rings. The Morgan fingerprint density at radius 2 is 1.40 bits per heavy atom. The zero-order chi connectivity index (χ0) is 29.1. The number of anilines is 1. The van der Waals surface area contributed by atoms with Gasteiger partial charge in [-0.2, -0.15) is 0 Å². The summed E-state index contributed by atoms with van der Waals surface area (Å²) in [5, 5.41) is 9.96. The number of rotatable bonds is 7. The van der Waals surface area contributed by atoms with Crippen molar-refractivity contribution in [3.63, 3.8) is 0 Å². The van der Waals surface area contributed by atoms with E-state index < -0.39 is 36.2 Å². The summed E-state index contributed by atoms with van der Waals surface area (Å²) in [6.45, 7) is -0.374. The number of aliphatic hydroxyl groups is 1. The van der Waals surface area contributed by atoms with E-state index in [1.165, 1.54) is 12.7 Å². The Morgan fingerprint density at radius 1 is 0.833 bits per heavy atom. The van der Waals surface area contributed by atoms with Gasteiger partial charge in [0.1, 0.15) is 24.8 Å². The highest BCUT2D eigenvalue weighted by Crippen LogP contribution is 2.34. The molecule has 6 rings (SSSR count). The molecule has 210 valence electrons. The fourth-order valence-corrected chi connectivity index (χ4v) is 4.86. The van der Waals surface area contributed by atoms with Gasteiger partial charge in [0.2, 0.25) is 0 Å². The lowest BCUT2D eigenvalue weighted by Gasteiger charge is -2.20. The molecule has 11 heteroatoms. The molecular formula is C31H25N5O6. The lowest BCUT2D eigenvalue weighted by Crippen LogP contribution is -2.38. The summed E-state index contributed by atoms with van der Waals surface area (Å²) < 4.78 is 13.3. The molecule has 0 radical (unpaired) electrons. The molecule has 1 aliphatic rings. The molecule has 2 amide bonds. The molecule has 1 N–H and O–H groups in total. The van der Waals surface area contributed by atoms with Crippen molar-refractivity contribution in [2.75, 3.05) is 11.5 Å². The Kier molecular flexibility index (Phi) is 7.50. The zero-order valence-corrected chi connectivity index (χ0v) is 22.2. The van der Waals surface area contributed by atoms with Crippen molar-refractivity contribution in [3.05, 3.63) is 120 Å². The Bertz CT molecular complexity index is 1680. The van der Waals surface area contributed by atoms with Gasteiger partial charge in [0, 0.05) is 17.5 Å². The predicted octanol–water partition coefficient (Wildman–Crippen LogP) is 3.82. The maximum atomic E-state index is 13.7. The third-order valence-corrected chi connectivity index (χ3v) is 6.94. The van der Waals surface area contributed by atoms with Gasteiger partial charge in [0.05, 0.1) is 18.5 Å². The van der Waals surface area contributed by atoms with Crippen LogP contribution in [-0.2, 0) is 9.47 Å². The highest BCUT2D eigenvalue weighted by molar-refractivity contribution is 6.27. The van der Waals surface area contributed by atoms with Gasteiger partial charge in [-0.05, 0) is 36.4 Å². The Balaban J connectivity index is 1.34. The molecule has 0 bridgehead atoms. The molecule has 2 aromatic heterocycles. The van der Waals surface area contributed by atoms with Gasteiger partial charge in [-0.3, -0.25) is 14.2 Å². The Labute approximate surface area is 240 Å². The van der Waals surface area contributed by atoms with Crippen LogP contribution >= 0.6 is 0 Å². The second kappa shape index (κ2) is 11.7. The molecule has 1 saturated heterocycles. The first-order chi connectivity index (χ1) is 20.5. The summed E-state index contributed by atoms with van der Waals surface area (Å²) in [5.74, 6) is -1.68. The Morgan fingerprint density at radius 3 is 1.98 bits per heavy atom. The highest BCUT2D eigenvalue weighted by Gasteiger charge is 2.40. The van der Waals surface area contributed by atoms with Crippen LogP contribution in [0.3, 0.4) is 0 Å². The Hall–Kier alpha value is -5.26. The molecule has 3 heterocycles. The second-order valence-electron chi connectivity index (χ2n) is 9.56. The SMILES string of the molecule is O=C(OC1CC(n2cnc3c(N(C(=O)c4ccccc4)C(=O)c4ccccc4)ncnc32)OC1CO)c1ccccc1. The van der Waals surface area contributed by atoms with Gasteiger partial charge in [-0.1, -0.05) is 54.6 Å². The molecule has 42 heavy (non-hydrogen) atoms. The van der Waals surface area contributed by atoms with Gasteiger partial charge in [-0.25, -0.2) is 24.6 Å². The maximum Gasteiger partial charge on any atom is 0.338 e. The average molecular weight is 564 g/mol. The van der Waals surface area contributed by atoms with E-state index in [9.17, 15) is 19.5 Å². The molecular weight excluding hydrogens is 538 g/mol. The smallest absolute Gasteiger partial charge is 0.338 e. The number of aromatic nitrogens is 4. The number of fused-ring (bicyclic) bond motifs is 1. The molecule has 1 fully saturated rings. The first kappa shape index (κ1) is 26.9. The number of imidazole rings is 1.